The van der Waals surface area contributed by atoms with Crippen molar-refractivity contribution in [2.45, 2.75) is 6.92 Å². The summed E-state index contributed by atoms with van der Waals surface area (Å²) >= 11 is 0. The van der Waals surface area contributed by atoms with Crippen molar-refractivity contribution in [3.63, 3.8) is 0 Å². The number of carbonyl (C=O) groups excluding carboxylic acids is 3. The Kier molecular flexibility index (Phi) is 6.26. The summed E-state index contributed by atoms with van der Waals surface area (Å²) in [5.74, 6) is 0.0530. The van der Waals surface area contributed by atoms with Gasteiger partial charge in [-0.25, -0.2) is 4.79 Å². The first kappa shape index (κ1) is 19.4. The number of rotatable bonds is 5. The van der Waals surface area contributed by atoms with Crippen LogP contribution in [0.2, 0.25) is 0 Å². The summed E-state index contributed by atoms with van der Waals surface area (Å²) in [4.78, 5) is 39.4. The van der Waals surface area contributed by atoms with Crippen molar-refractivity contribution in [2.75, 3.05) is 32.8 Å². The Hall–Kier alpha value is -3.35. The van der Waals surface area contributed by atoms with E-state index in [2.05, 4.69) is 0 Å². The molecule has 2 aromatic rings. The predicted octanol–water partition coefficient (Wildman–Crippen LogP) is 2.33. The molecule has 146 valence electrons. The molecular formula is C21H22N2O5. The van der Waals surface area contributed by atoms with Gasteiger partial charge in [-0.05, 0) is 24.3 Å². The van der Waals surface area contributed by atoms with E-state index in [1.165, 1.54) is 6.92 Å². The lowest BCUT2D eigenvalue weighted by atomic mass is 10.2. The molecule has 0 unspecified atom stereocenters. The Morgan fingerprint density at radius 1 is 0.857 bits per heavy atom. The predicted molar refractivity (Wildman–Crippen MR) is 102 cm³/mol. The third-order valence-corrected chi connectivity index (χ3v) is 4.48. The van der Waals surface area contributed by atoms with Crippen molar-refractivity contribution in [1.29, 1.82) is 0 Å². The minimum Gasteiger partial charge on any atom is -0.456 e. The smallest absolute Gasteiger partial charge is 0.342 e. The maximum Gasteiger partial charge on any atom is 0.342 e. The lowest BCUT2D eigenvalue weighted by Gasteiger charge is -2.34. The second-order valence-electron chi connectivity index (χ2n) is 6.37. The molecule has 0 atom stereocenters. The summed E-state index contributed by atoms with van der Waals surface area (Å²) in [5, 5.41) is 0. The number of esters is 1. The molecule has 0 aromatic heterocycles. The highest BCUT2D eigenvalue weighted by atomic mass is 16.5. The number of ether oxygens (including phenoxy) is 2. The van der Waals surface area contributed by atoms with Crippen LogP contribution in [0, 0.1) is 0 Å². The number of carbonyl (C=O) groups is 3. The monoisotopic (exact) mass is 382 g/mol. The number of amides is 2. The summed E-state index contributed by atoms with van der Waals surface area (Å²) in [6.07, 6.45) is 0. The number of para-hydroxylation sites is 2. The second-order valence-corrected chi connectivity index (χ2v) is 6.37. The van der Waals surface area contributed by atoms with Gasteiger partial charge in [0.05, 0.1) is 0 Å². The van der Waals surface area contributed by atoms with Crippen LogP contribution in [0.4, 0.5) is 0 Å². The average molecular weight is 382 g/mol. The summed E-state index contributed by atoms with van der Waals surface area (Å²) in [5.41, 5.74) is 0.251. The van der Waals surface area contributed by atoms with Crippen LogP contribution in [0.1, 0.15) is 17.3 Å². The first-order valence-electron chi connectivity index (χ1n) is 9.07. The van der Waals surface area contributed by atoms with Crippen LogP contribution < -0.4 is 4.74 Å². The van der Waals surface area contributed by atoms with Crippen molar-refractivity contribution in [3.8, 4) is 11.5 Å². The fourth-order valence-corrected chi connectivity index (χ4v) is 2.91. The molecule has 7 nitrogen and oxygen atoms in total. The van der Waals surface area contributed by atoms with Crippen molar-refractivity contribution >= 4 is 17.8 Å². The van der Waals surface area contributed by atoms with Crippen LogP contribution in [0.5, 0.6) is 11.5 Å². The Balaban J connectivity index is 1.57. The molecule has 7 heteroatoms. The first-order chi connectivity index (χ1) is 13.5. The summed E-state index contributed by atoms with van der Waals surface area (Å²) < 4.78 is 11.0. The Labute approximate surface area is 163 Å². The lowest BCUT2D eigenvalue weighted by Crippen LogP contribution is -2.51. The molecule has 0 spiro atoms. The van der Waals surface area contributed by atoms with Crippen LogP contribution in [0.15, 0.2) is 54.6 Å². The van der Waals surface area contributed by atoms with E-state index in [4.69, 9.17) is 9.47 Å². The molecule has 1 saturated heterocycles. The van der Waals surface area contributed by atoms with E-state index < -0.39 is 5.97 Å². The fraction of sp³-hybridized carbons (Fsp3) is 0.286. The van der Waals surface area contributed by atoms with Gasteiger partial charge in [-0.1, -0.05) is 30.3 Å². The van der Waals surface area contributed by atoms with E-state index in [0.717, 1.165) is 0 Å². The molecule has 1 aliphatic heterocycles. The molecular weight excluding hydrogens is 360 g/mol. The van der Waals surface area contributed by atoms with Gasteiger partial charge in [-0.2, -0.15) is 0 Å². The van der Waals surface area contributed by atoms with E-state index in [1.807, 2.05) is 18.2 Å². The minimum absolute atomic E-state index is 0.00597. The summed E-state index contributed by atoms with van der Waals surface area (Å²) in [6.45, 7) is 3.01. The number of nitrogens with zero attached hydrogens (tertiary/aromatic N) is 2. The van der Waals surface area contributed by atoms with E-state index >= 15 is 0 Å². The van der Waals surface area contributed by atoms with Gasteiger partial charge in [0.25, 0.3) is 5.91 Å². The SMILES string of the molecule is CC(=O)N1CCN(C(=O)COC(=O)c2ccccc2Oc2ccccc2)CC1. The average Bonchev–Trinajstić information content (AvgIpc) is 2.73. The normalized spacial score (nSPS) is 13.8. The molecule has 1 fully saturated rings. The van der Waals surface area contributed by atoms with Gasteiger partial charge >= 0.3 is 5.97 Å². The highest BCUT2D eigenvalue weighted by Gasteiger charge is 2.24. The number of hydrogen-bond donors (Lipinski definition) is 0. The third kappa shape index (κ3) is 4.88. The van der Waals surface area contributed by atoms with Gasteiger partial charge < -0.3 is 19.3 Å². The van der Waals surface area contributed by atoms with Gasteiger partial charge in [-0.3, -0.25) is 9.59 Å². The van der Waals surface area contributed by atoms with E-state index in [-0.39, 0.29) is 24.0 Å². The van der Waals surface area contributed by atoms with Crippen molar-refractivity contribution in [1.82, 2.24) is 9.80 Å². The van der Waals surface area contributed by atoms with Crippen LogP contribution in [0.25, 0.3) is 0 Å². The van der Waals surface area contributed by atoms with Crippen LogP contribution in [-0.4, -0.2) is 60.4 Å². The number of hydrogen-bond acceptors (Lipinski definition) is 5. The quantitative estimate of drug-likeness (QED) is 0.742. The van der Waals surface area contributed by atoms with Gasteiger partial charge in [0, 0.05) is 33.1 Å². The molecule has 0 aliphatic carbocycles. The highest BCUT2D eigenvalue weighted by molar-refractivity contribution is 5.94. The third-order valence-electron chi connectivity index (χ3n) is 4.48. The molecule has 2 aromatic carbocycles. The van der Waals surface area contributed by atoms with Crippen molar-refractivity contribution in [3.05, 3.63) is 60.2 Å². The maximum atomic E-state index is 12.5. The fourth-order valence-electron chi connectivity index (χ4n) is 2.91. The summed E-state index contributed by atoms with van der Waals surface area (Å²) in [7, 11) is 0. The molecule has 0 saturated carbocycles. The van der Waals surface area contributed by atoms with Gasteiger partial charge in [0.1, 0.15) is 17.1 Å². The zero-order valence-electron chi connectivity index (χ0n) is 15.7. The van der Waals surface area contributed by atoms with Crippen molar-refractivity contribution in [2.24, 2.45) is 0 Å². The molecule has 1 heterocycles. The zero-order chi connectivity index (χ0) is 19.9. The van der Waals surface area contributed by atoms with Crippen molar-refractivity contribution < 1.29 is 23.9 Å². The molecule has 0 radical (unpaired) electrons. The topological polar surface area (TPSA) is 76.2 Å². The first-order valence-corrected chi connectivity index (χ1v) is 9.07. The Morgan fingerprint density at radius 3 is 2.14 bits per heavy atom. The van der Waals surface area contributed by atoms with Crippen LogP contribution >= 0.6 is 0 Å². The summed E-state index contributed by atoms with van der Waals surface area (Å²) in [6, 6.07) is 15.8. The van der Waals surface area contributed by atoms with E-state index in [1.54, 1.807) is 46.2 Å². The highest BCUT2D eigenvalue weighted by Crippen LogP contribution is 2.25. The van der Waals surface area contributed by atoms with Gasteiger partial charge in [-0.15, -0.1) is 0 Å². The largest absolute Gasteiger partial charge is 0.456 e. The van der Waals surface area contributed by atoms with E-state index in [0.29, 0.717) is 37.7 Å². The molecule has 2 amide bonds. The Morgan fingerprint density at radius 2 is 1.46 bits per heavy atom. The molecule has 0 N–H and O–H groups in total. The van der Waals surface area contributed by atoms with Gasteiger partial charge in [0.15, 0.2) is 6.61 Å². The van der Waals surface area contributed by atoms with Crippen LogP contribution in [0.3, 0.4) is 0 Å². The number of piperazine rings is 1. The molecule has 1 aliphatic rings. The Bertz CT molecular complexity index is 845. The maximum absolute atomic E-state index is 12.5. The van der Waals surface area contributed by atoms with Crippen LogP contribution in [-0.2, 0) is 14.3 Å². The lowest BCUT2D eigenvalue weighted by molar-refractivity contribution is -0.140. The second kappa shape index (κ2) is 9.03. The number of benzene rings is 2. The van der Waals surface area contributed by atoms with E-state index in [9.17, 15) is 14.4 Å². The minimum atomic E-state index is -0.623. The van der Waals surface area contributed by atoms with Gasteiger partial charge in [0.2, 0.25) is 5.91 Å². The standard InChI is InChI=1S/C21H22N2O5/c1-16(24)22-11-13-23(14-12-22)20(25)15-27-21(26)18-9-5-6-10-19(18)28-17-7-3-2-4-8-17/h2-10H,11-15H2,1H3. The zero-order valence-corrected chi connectivity index (χ0v) is 15.7. The molecule has 3 rings (SSSR count). The molecule has 0 bridgehead atoms. The molecule has 28 heavy (non-hydrogen) atoms.